The molecular weight excluding hydrogens is 120 g/mol. The molecule has 0 aromatic rings. The summed E-state index contributed by atoms with van der Waals surface area (Å²) in [5.74, 6) is 1.51. The van der Waals surface area contributed by atoms with Crippen molar-refractivity contribution < 1.29 is 0 Å². The van der Waals surface area contributed by atoms with Crippen LogP contribution in [0.2, 0.25) is 0 Å². The molecule has 0 aromatic carbocycles. The Morgan fingerprint density at radius 1 is 0.900 bits per heavy atom. The van der Waals surface area contributed by atoms with E-state index in [1.54, 1.807) is 5.57 Å². The molecule has 0 heterocycles. The monoisotopic (exact) mass is 140 g/mol. The van der Waals surface area contributed by atoms with Crippen molar-refractivity contribution in [3.8, 4) is 0 Å². The molecule has 0 amide bonds. The minimum Gasteiger partial charge on any atom is -0.0772 e. The van der Waals surface area contributed by atoms with Gasteiger partial charge >= 0.3 is 0 Å². The van der Waals surface area contributed by atoms with Crippen molar-refractivity contribution >= 4 is 0 Å². The first-order chi connectivity index (χ1) is 4.46. The van der Waals surface area contributed by atoms with E-state index < -0.39 is 0 Å². The van der Waals surface area contributed by atoms with Gasteiger partial charge in [0, 0.05) is 0 Å². The van der Waals surface area contributed by atoms with Gasteiger partial charge in [0.1, 0.15) is 0 Å². The normalized spacial score (nSPS) is 13.5. The molecule has 0 saturated carbocycles. The third-order valence-electron chi connectivity index (χ3n) is 2.47. The molecule has 0 fully saturated rings. The number of rotatable bonds is 2. The van der Waals surface area contributed by atoms with Gasteiger partial charge < -0.3 is 0 Å². The molecule has 1 atom stereocenters. The van der Waals surface area contributed by atoms with Crippen LogP contribution in [0.1, 0.15) is 41.5 Å². The van der Waals surface area contributed by atoms with E-state index in [4.69, 9.17) is 0 Å². The van der Waals surface area contributed by atoms with Crippen LogP contribution in [0.25, 0.3) is 0 Å². The lowest BCUT2D eigenvalue weighted by Crippen LogP contribution is -2.05. The van der Waals surface area contributed by atoms with Crippen molar-refractivity contribution in [1.29, 1.82) is 0 Å². The molecule has 0 aromatic heterocycles. The van der Waals surface area contributed by atoms with E-state index in [9.17, 15) is 0 Å². The SMILES string of the molecule is CC(C)=C(C)C(C)C(C)C. The van der Waals surface area contributed by atoms with E-state index in [1.165, 1.54) is 5.57 Å². The fourth-order valence-corrected chi connectivity index (χ4v) is 0.955. The quantitative estimate of drug-likeness (QED) is 0.514. The van der Waals surface area contributed by atoms with Gasteiger partial charge in [0.15, 0.2) is 0 Å². The highest BCUT2D eigenvalue weighted by Crippen LogP contribution is 2.21. The van der Waals surface area contributed by atoms with Crippen LogP contribution < -0.4 is 0 Å². The first kappa shape index (κ1) is 9.74. The maximum atomic E-state index is 2.30. The number of hydrogen-bond acceptors (Lipinski definition) is 0. The summed E-state index contributed by atoms with van der Waals surface area (Å²) in [7, 11) is 0. The highest BCUT2D eigenvalue weighted by Gasteiger charge is 2.08. The molecule has 0 N–H and O–H groups in total. The summed E-state index contributed by atoms with van der Waals surface area (Å²) in [5.41, 5.74) is 3.02. The lowest BCUT2D eigenvalue weighted by atomic mass is 9.89. The van der Waals surface area contributed by atoms with Crippen LogP contribution in [0.4, 0.5) is 0 Å². The smallest absolute Gasteiger partial charge is 0.0209 e. The van der Waals surface area contributed by atoms with Gasteiger partial charge in [0.2, 0.25) is 0 Å². The zero-order valence-corrected chi connectivity index (χ0v) is 8.15. The van der Waals surface area contributed by atoms with Crippen LogP contribution >= 0.6 is 0 Å². The summed E-state index contributed by atoms with van der Waals surface area (Å²) in [5, 5.41) is 0. The summed E-state index contributed by atoms with van der Waals surface area (Å²) >= 11 is 0. The lowest BCUT2D eigenvalue weighted by Gasteiger charge is -2.17. The van der Waals surface area contributed by atoms with E-state index >= 15 is 0 Å². The molecule has 0 bridgehead atoms. The van der Waals surface area contributed by atoms with E-state index in [2.05, 4.69) is 41.5 Å². The van der Waals surface area contributed by atoms with Crippen LogP contribution in [0.15, 0.2) is 11.1 Å². The first-order valence-electron chi connectivity index (χ1n) is 4.10. The molecule has 0 aliphatic heterocycles. The van der Waals surface area contributed by atoms with E-state index in [-0.39, 0.29) is 0 Å². The molecule has 60 valence electrons. The van der Waals surface area contributed by atoms with Crippen LogP contribution in [0, 0.1) is 11.8 Å². The Balaban J connectivity index is 4.22. The first-order valence-corrected chi connectivity index (χ1v) is 4.10. The summed E-state index contributed by atoms with van der Waals surface area (Å²) < 4.78 is 0. The van der Waals surface area contributed by atoms with Gasteiger partial charge in [-0.05, 0) is 32.6 Å². The Labute approximate surface area is 65.3 Å². The predicted molar refractivity (Wildman–Crippen MR) is 48.1 cm³/mol. The van der Waals surface area contributed by atoms with Gasteiger partial charge in [-0.25, -0.2) is 0 Å². The molecule has 0 heteroatoms. The second-order valence-corrected chi connectivity index (χ2v) is 3.72. The third kappa shape index (κ3) is 2.55. The van der Waals surface area contributed by atoms with Crippen molar-refractivity contribution in [2.75, 3.05) is 0 Å². The molecule has 0 rings (SSSR count). The summed E-state index contributed by atoms with van der Waals surface area (Å²) in [6, 6.07) is 0. The molecule has 0 aliphatic carbocycles. The van der Waals surface area contributed by atoms with Crippen molar-refractivity contribution in [2.45, 2.75) is 41.5 Å². The molecule has 0 spiro atoms. The van der Waals surface area contributed by atoms with Gasteiger partial charge in [-0.15, -0.1) is 0 Å². The Morgan fingerprint density at radius 3 is 1.40 bits per heavy atom. The van der Waals surface area contributed by atoms with Gasteiger partial charge in [0.25, 0.3) is 0 Å². The van der Waals surface area contributed by atoms with Gasteiger partial charge in [-0.3, -0.25) is 0 Å². The average molecular weight is 140 g/mol. The molecule has 0 saturated heterocycles. The summed E-state index contributed by atoms with van der Waals surface area (Å²) in [6.45, 7) is 13.5. The fourth-order valence-electron chi connectivity index (χ4n) is 0.955. The van der Waals surface area contributed by atoms with Crippen molar-refractivity contribution in [1.82, 2.24) is 0 Å². The van der Waals surface area contributed by atoms with E-state index in [1.807, 2.05) is 0 Å². The minimum atomic E-state index is 0.741. The summed E-state index contributed by atoms with van der Waals surface area (Å²) in [4.78, 5) is 0. The minimum absolute atomic E-state index is 0.741. The summed E-state index contributed by atoms with van der Waals surface area (Å²) in [6.07, 6.45) is 0. The van der Waals surface area contributed by atoms with E-state index in [0.717, 1.165) is 11.8 Å². The van der Waals surface area contributed by atoms with Crippen LogP contribution in [-0.4, -0.2) is 0 Å². The fraction of sp³-hybridized carbons (Fsp3) is 0.800. The highest BCUT2D eigenvalue weighted by atomic mass is 14.1. The van der Waals surface area contributed by atoms with Crippen LogP contribution in [0.3, 0.4) is 0 Å². The average Bonchev–Trinajstić information content (AvgIpc) is 1.84. The highest BCUT2D eigenvalue weighted by molar-refractivity contribution is 5.10. The maximum Gasteiger partial charge on any atom is -0.0209 e. The number of hydrogen-bond donors (Lipinski definition) is 0. The van der Waals surface area contributed by atoms with E-state index in [0.29, 0.717) is 0 Å². The number of allylic oxidation sites excluding steroid dienone is 2. The van der Waals surface area contributed by atoms with Crippen LogP contribution in [0.5, 0.6) is 0 Å². The molecular formula is C10H20. The Bertz CT molecular complexity index is 125. The third-order valence-corrected chi connectivity index (χ3v) is 2.47. The van der Waals surface area contributed by atoms with Gasteiger partial charge in [-0.1, -0.05) is 31.9 Å². The Kier molecular flexibility index (Phi) is 3.70. The van der Waals surface area contributed by atoms with Gasteiger partial charge in [0.05, 0.1) is 0 Å². The molecule has 0 aliphatic rings. The second kappa shape index (κ2) is 3.80. The predicted octanol–water partition coefficient (Wildman–Crippen LogP) is 3.63. The van der Waals surface area contributed by atoms with Crippen molar-refractivity contribution in [3.05, 3.63) is 11.1 Å². The Hall–Kier alpha value is -0.260. The van der Waals surface area contributed by atoms with Gasteiger partial charge in [-0.2, -0.15) is 0 Å². The lowest BCUT2D eigenvalue weighted by molar-refractivity contribution is 0.477. The Morgan fingerprint density at radius 2 is 1.30 bits per heavy atom. The molecule has 10 heavy (non-hydrogen) atoms. The zero-order chi connectivity index (χ0) is 8.31. The van der Waals surface area contributed by atoms with Crippen molar-refractivity contribution in [2.24, 2.45) is 11.8 Å². The molecule has 1 unspecified atom stereocenters. The standard InChI is InChI=1S/C10H20/c1-7(2)9(5)10(6)8(3)4/h7,9H,1-6H3. The van der Waals surface area contributed by atoms with Crippen molar-refractivity contribution in [3.63, 3.8) is 0 Å². The molecule has 0 radical (unpaired) electrons. The zero-order valence-electron chi connectivity index (χ0n) is 8.15. The topological polar surface area (TPSA) is 0 Å². The van der Waals surface area contributed by atoms with Crippen LogP contribution in [-0.2, 0) is 0 Å². The largest absolute Gasteiger partial charge is 0.0772 e. The maximum absolute atomic E-state index is 2.30. The molecule has 0 nitrogen and oxygen atoms in total. The second-order valence-electron chi connectivity index (χ2n) is 3.72.